The fraction of sp³-hybridized carbons (Fsp3) is 0.389. The second kappa shape index (κ2) is 7.18. The molecule has 1 atom stereocenters. The predicted molar refractivity (Wildman–Crippen MR) is 102 cm³/mol. The van der Waals surface area contributed by atoms with Crippen molar-refractivity contribution < 1.29 is 14.3 Å². The van der Waals surface area contributed by atoms with Gasteiger partial charge < -0.3 is 25.0 Å². The van der Waals surface area contributed by atoms with Gasteiger partial charge in [0, 0.05) is 25.2 Å². The van der Waals surface area contributed by atoms with Crippen molar-refractivity contribution in [3.8, 4) is 11.5 Å². The number of amides is 1. The molecule has 1 aromatic carbocycles. The average Bonchev–Trinajstić information content (AvgIpc) is 2.65. The van der Waals surface area contributed by atoms with Gasteiger partial charge in [0.15, 0.2) is 11.5 Å². The fourth-order valence-electron chi connectivity index (χ4n) is 3.34. The highest BCUT2D eigenvalue weighted by Crippen LogP contribution is 2.35. The highest BCUT2D eigenvalue weighted by atomic mass is 16.5. The number of hydrogen-bond acceptors (Lipinski definition) is 7. The maximum atomic E-state index is 12.8. The van der Waals surface area contributed by atoms with Crippen LogP contribution in [0.3, 0.4) is 0 Å². The maximum Gasteiger partial charge on any atom is 0.278 e. The van der Waals surface area contributed by atoms with Crippen molar-refractivity contribution in [2.45, 2.75) is 25.9 Å². The summed E-state index contributed by atoms with van der Waals surface area (Å²) in [4.78, 5) is 35.1. The van der Waals surface area contributed by atoms with Crippen molar-refractivity contribution in [2.75, 3.05) is 36.8 Å². The van der Waals surface area contributed by atoms with E-state index < -0.39 is 11.6 Å². The van der Waals surface area contributed by atoms with Crippen molar-refractivity contribution in [2.24, 2.45) is 0 Å². The molecule has 0 spiro atoms. The van der Waals surface area contributed by atoms with E-state index in [9.17, 15) is 9.59 Å². The van der Waals surface area contributed by atoms with Crippen molar-refractivity contribution in [3.63, 3.8) is 0 Å². The first-order valence-electron chi connectivity index (χ1n) is 8.56. The first-order chi connectivity index (χ1) is 12.9. The van der Waals surface area contributed by atoms with Crippen LogP contribution >= 0.6 is 0 Å². The molecule has 0 fully saturated rings. The van der Waals surface area contributed by atoms with Crippen LogP contribution in [-0.2, 0) is 11.3 Å². The van der Waals surface area contributed by atoms with Crippen LogP contribution in [0.4, 0.5) is 17.5 Å². The van der Waals surface area contributed by atoms with Crippen molar-refractivity contribution in [3.05, 3.63) is 34.1 Å². The zero-order chi connectivity index (χ0) is 19.7. The summed E-state index contributed by atoms with van der Waals surface area (Å²) in [5.74, 6) is 1.49. The molecule has 0 saturated heterocycles. The highest BCUT2D eigenvalue weighted by molar-refractivity contribution is 6.04. The molecular formula is C18H23N5O4. The van der Waals surface area contributed by atoms with Crippen LogP contribution in [0.5, 0.6) is 11.5 Å². The molecule has 3 rings (SSSR count). The van der Waals surface area contributed by atoms with E-state index in [4.69, 9.17) is 15.2 Å². The zero-order valence-corrected chi connectivity index (χ0v) is 15.8. The summed E-state index contributed by atoms with van der Waals surface area (Å²) in [7, 11) is 4.72. The summed E-state index contributed by atoms with van der Waals surface area (Å²) >= 11 is 0. The minimum atomic E-state index is -0.469. The van der Waals surface area contributed by atoms with Crippen LogP contribution in [0.25, 0.3) is 0 Å². The van der Waals surface area contributed by atoms with Crippen LogP contribution in [0, 0.1) is 0 Å². The van der Waals surface area contributed by atoms with E-state index in [-0.39, 0.29) is 17.5 Å². The van der Waals surface area contributed by atoms with Gasteiger partial charge in [-0.1, -0.05) is 6.92 Å². The quantitative estimate of drug-likeness (QED) is 0.807. The standard InChI is InChI=1S/C18H23N5O4/c1-5-12-17(25)22(2)14-15(20-18(19)21-16(14)24)23(12)9-10-6-7-11(26-3)8-13(10)27-4/h6-8,12H,5,9H2,1-4H3,(H3,19,20,21,24). The minimum absolute atomic E-state index is 0.00282. The number of carbonyl (C=O) groups excluding carboxylic acids is 1. The van der Waals surface area contributed by atoms with Crippen LogP contribution < -0.4 is 30.6 Å². The fourth-order valence-corrected chi connectivity index (χ4v) is 3.34. The Morgan fingerprint density at radius 1 is 1.26 bits per heavy atom. The normalized spacial score (nSPS) is 16.3. The molecule has 1 aliphatic rings. The molecule has 1 aromatic heterocycles. The lowest BCUT2D eigenvalue weighted by Crippen LogP contribution is -2.53. The van der Waals surface area contributed by atoms with Gasteiger partial charge in [-0.25, -0.2) is 0 Å². The Balaban J connectivity index is 2.12. The smallest absolute Gasteiger partial charge is 0.278 e. The van der Waals surface area contributed by atoms with Gasteiger partial charge in [-0.15, -0.1) is 0 Å². The topological polar surface area (TPSA) is 114 Å². The molecule has 0 saturated carbocycles. The van der Waals surface area contributed by atoms with Gasteiger partial charge in [0.2, 0.25) is 11.9 Å². The molecule has 144 valence electrons. The van der Waals surface area contributed by atoms with Gasteiger partial charge in [0.1, 0.15) is 17.5 Å². The van der Waals surface area contributed by atoms with Crippen LogP contribution in [-0.4, -0.2) is 43.2 Å². The molecule has 1 unspecified atom stereocenters. The predicted octanol–water partition coefficient (Wildman–Crippen LogP) is 1.13. The number of aromatic amines is 1. The average molecular weight is 373 g/mol. The molecule has 0 radical (unpaired) electrons. The monoisotopic (exact) mass is 373 g/mol. The molecule has 1 amide bonds. The number of nitrogens with zero attached hydrogens (tertiary/aromatic N) is 3. The van der Waals surface area contributed by atoms with Crippen molar-refractivity contribution in [1.29, 1.82) is 0 Å². The summed E-state index contributed by atoms with van der Waals surface area (Å²) in [5, 5.41) is 0. The Hall–Kier alpha value is -3.23. The molecule has 0 bridgehead atoms. The third-order valence-corrected chi connectivity index (χ3v) is 4.72. The van der Waals surface area contributed by atoms with E-state index in [0.29, 0.717) is 30.3 Å². The Bertz CT molecular complexity index is 926. The molecule has 2 aromatic rings. The number of nitrogen functional groups attached to an aromatic ring is 1. The third-order valence-electron chi connectivity index (χ3n) is 4.72. The van der Waals surface area contributed by atoms with Gasteiger partial charge in [-0.3, -0.25) is 14.6 Å². The number of hydrogen-bond donors (Lipinski definition) is 2. The number of rotatable bonds is 5. The van der Waals surface area contributed by atoms with Crippen LogP contribution in [0.2, 0.25) is 0 Å². The molecule has 2 heterocycles. The molecule has 1 aliphatic heterocycles. The summed E-state index contributed by atoms with van der Waals surface area (Å²) in [6, 6.07) is 4.98. The van der Waals surface area contributed by atoms with Gasteiger partial charge in [0.05, 0.1) is 14.2 Å². The Labute approximate surface area is 156 Å². The number of aromatic nitrogens is 2. The van der Waals surface area contributed by atoms with E-state index >= 15 is 0 Å². The number of ether oxygens (including phenoxy) is 2. The zero-order valence-electron chi connectivity index (χ0n) is 15.8. The van der Waals surface area contributed by atoms with E-state index in [0.717, 1.165) is 5.56 Å². The Morgan fingerprint density at radius 2 is 2.00 bits per heavy atom. The van der Waals surface area contributed by atoms with E-state index in [1.165, 1.54) is 4.90 Å². The van der Waals surface area contributed by atoms with E-state index in [2.05, 4.69) is 9.97 Å². The second-order valence-electron chi connectivity index (χ2n) is 6.25. The molecule has 3 N–H and O–H groups in total. The van der Waals surface area contributed by atoms with E-state index in [1.807, 2.05) is 19.1 Å². The van der Waals surface area contributed by atoms with Gasteiger partial charge in [-0.2, -0.15) is 4.98 Å². The Morgan fingerprint density at radius 3 is 2.63 bits per heavy atom. The number of nitrogens with one attached hydrogen (secondary N) is 1. The van der Waals surface area contributed by atoms with Crippen molar-refractivity contribution in [1.82, 2.24) is 9.97 Å². The summed E-state index contributed by atoms with van der Waals surface area (Å²) < 4.78 is 10.7. The molecule has 9 heteroatoms. The molecular weight excluding hydrogens is 350 g/mol. The van der Waals surface area contributed by atoms with Gasteiger partial charge in [0.25, 0.3) is 5.56 Å². The Kier molecular flexibility index (Phi) is 4.93. The number of benzene rings is 1. The lowest BCUT2D eigenvalue weighted by molar-refractivity contribution is -0.120. The number of likely N-dealkylation sites (N-methyl/N-ethyl adjacent to an activating group) is 1. The van der Waals surface area contributed by atoms with Gasteiger partial charge >= 0.3 is 0 Å². The van der Waals surface area contributed by atoms with Crippen LogP contribution in [0.1, 0.15) is 18.9 Å². The molecule has 27 heavy (non-hydrogen) atoms. The van der Waals surface area contributed by atoms with Crippen LogP contribution in [0.15, 0.2) is 23.0 Å². The number of methoxy groups -OCH3 is 2. The number of H-pyrrole nitrogens is 1. The SMILES string of the molecule is CCC1C(=O)N(C)c2c(nc(N)[nH]c2=O)N1Cc1ccc(OC)cc1OC. The number of fused-ring (bicyclic) bond motifs is 1. The first-order valence-corrected chi connectivity index (χ1v) is 8.56. The first kappa shape index (κ1) is 18.6. The summed E-state index contributed by atoms with van der Waals surface area (Å²) in [6.07, 6.45) is 0.551. The maximum absolute atomic E-state index is 12.8. The number of anilines is 3. The summed E-state index contributed by atoms with van der Waals surface area (Å²) in [5.41, 5.74) is 6.33. The van der Waals surface area contributed by atoms with Crippen molar-refractivity contribution >= 4 is 23.4 Å². The highest BCUT2D eigenvalue weighted by Gasteiger charge is 2.38. The summed E-state index contributed by atoms with van der Waals surface area (Å²) in [6.45, 7) is 2.24. The third kappa shape index (κ3) is 3.16. The number of carbonyl (C=O) groups is 1. The second-order valence-corrected chi connectivity index (χ2v) is 6.25. The largest absolute Gasteiger partial charge is 0.497 e. The number of nitrogens with two attached hydrogens (primary N) is 1. The minimum Gasteiger partial charge on any atom is -0.497 e. The van der Waals surface area contributed by atoms with E-state index in [1.54, 1.807) is 32.2 Å². The lowest BCUT2D eigenvalue weighted by Gasteiger charge is -2.40. The molecule has 9 nitrogen and oxygen atoms in total. The molecule has 0 aliphatic carbocycles. The lowest BCUT2D eigenvalue weighted by atomic mass is 10.1. The van der Waals surface area contributed by atoms with Gasteiger partial charge in [-0.05, 0) is 18.6 Å².